The molecule has 4 nitrogen and oxygen atoms in total. The Hall–Kier alpha value is -1.32. The van der Waals surface area contributed by atoms with Crippen LogP contribution in [0.2, 0.25) is 0 Å². The highest BCUT2D eigenvalue weighted by atomic mass is 16.7. The molecule has 0 amide bonds. The lowest BCUT2D eigenvalue weighted by Gasteiger charge is -2.28. The molecule has 0 saturated carbocycles. The van der Waals surface area contributed by atoms with Gasteiger partial charge in [0.25, 0.3) is 0 Å². The zero-order valence-electron chi connectivity index (χ0n) is 9.83. The molecule has 0 aromatic rings. The van der Waals surface area contributed by atoms with Crippen molar-refractivity contribution in [1.29, 1.82) is 0 Å². The van der Waals surface area contributed by atoms with Gasteiger partial charge in [0.1, 0.15) is 5.76 Å². The third kappa shape index (κ3) is 2.10. The summed E-state index contributed by atoms with van der Waals surface area (Å²) >= 11 is 0. The van der Waals surface area contributed by atoms with Crippen molar-refractivity contribution >= 4 is 11.8 Å². The van der Waals surface area contributed by atoms with E-state index >= 15 is 0 Å². The second kappa shape index (κ2) is 3.61. The van der Waals surface area contributed by atoms with Crippen LogP contribution >= 0.6 is 0 Å². The van der Waals surface area contributed by atoms with Crippen molar-refractivity contribution < 1.29 is 19.1 Å². The maximum absolute atomic E-state index is 11.8. The van der Waals surface area contributed by atoms with Crippen molar-refractivity contribution in [2.24, 2.45) is 5.41 Å². The maximum atomic E-state index is 11.8. The van der Waals surface area contributed by atoms with Gasteiger partial charge in [-0.25, -0.2) is 0 Å². The van der Waals surface area contributed by atoms with E-state index in [1.165, 1.54) is 6.92 Å². The second-order valence-corrected chi connectivity index (χ2v) is 5.20. The quantitative estimate of drug-likeness (QED) is 0.639. The predicted octanol–water partition coefficient (Wildman–Crippen LogP) is 1.94. The first-order valence-electron chi connectivity index (χ1n) is 5.46. The number of esters is 1. The van der Waals surface area contributed by atoms with Gasteiger partial charge in [0.05, 0.1) is 6.42 Å². The van der Waals surface area contributed by atoms with Crippen LogP contribution in [-0.4, -0.2) is 18.0 Å². The lowest BCUT2D eigenvalue weighted by molar-refractivity contribution is -0.165. The average molecular weight is 224 g/mol. The molecule has 2 rings (SSSR count). The molecule has 4 heteroatoms. The van der Waals surface area contributed by atoms with E-state index in [0.29, 0.717) is 24.2 Å². The summed E-state index contributed by atoms with van der Waals surface area (Å²) in [7, 11) is 0. The summed E-state index contributed by atoms with van der Waals surface area (Å²) in [6.45, 7) is 5.42. The largest absolute Gasteiger partial charge is 0.458 e. The summed E-state index contributed by atoms with van der Waals surface area (Å²) in [6, 6.07) is 0. The predicted molar refractivity (Wildman–Crippen MR) is 56.3 cm³/mol. The zero-order chi connectivity index (χ0) is 11.9. The second-order valence-electron chi connectivity index (χ2n) is 5.20. The number of hydrogen-bond acceptors (Lipinski definition) is 4. The van der Waals surface area contributed by atoms with Crippen LogP contribution in [0.4, 0.5) is 0 Å². The summed E-state index contributed by atoms with van der Waals surface area (Å²) < 4.78 is 10.5. The molecule has 1 aliphatic heterocycles. The topological polar surface area (TPSA) is 52.6 Å². The summed E-state index contributed by atoms with van der Waals surface area (Å²) in [6.07, 6.45) is 1.10. The van der Waals surface area contributed by atoms with E-state index < -0.39 is 6.29 Å². The fraction of sp³-hybridized carbons (Fsp3) is 0.667. The number of carbonyl (C=O) groups is 2. The van der Waals surface area contributed by atoms with Gasteiger partial charge in [0.15, 0.2) is 5.78 Å². The molecule has 0 aromatic carbocycles. The highest BCUT2D eigenvalue weighted by Gasteiger charge is 2.40. The van der Waals surface area contributed by atoms with Gasteiger partial charge in [0.2, 0.25) is 6.29 Å². The number of carbonyl (C=O) groups excluding carboxylic acids is 2. The Morgan fingerprint density at radius 2 is 2.12 bits per heavy atom. The number of ether oxygens (including phenoxy) is 2. The van der Waals surface area contributed by atoms with Crippen LogP contribution in [0.25, 0.3) is 0 Å². The lowest BCUT2D eigenvalue weighted by atomic mass is 9.76. The van der Waals surface area contributed by atoms with Crippen molar-refractivity contribution in [2.45, 2.75) is 46.3 Å². The normalized spacial score (nSPS) is 27.4. The molecule has 1 unspecified atom stereocenters. The molecule has 1 atom stereocenters. The Morgan fingerprint density at radius 3 is 2.75 bits per heavy atom. The van der Waals surface area contributed by atoms with Crippen molar-refractivity contribution in [3.8, 4) is 0 Å². The fourth-order valence-electron chi connectivity index (χ4n) is 2.26. The number of Topliss-reactive ketones (excluding diaryl/α,β-unsaturated/α-hetero) is 1. The molecule has 0 fully saturated rings. The minimum absolute atomic E-state index is 0.0545. The van der Waals surface area contributed by atoms with Crippen LogP contribution in [0.5, 0.6) is 0 Å². The first-order valence-corrected chi connectivity index (χ1v) is 5.46. The molecular formula is C12H16O4. The Balaban J connectivity index is 2.11. The molecule has 0 aromatic heterocycles. The summed E-state index contributed by atoms with van der Waals surface area (Å²) in [4.78, 5) is 22.7. The van der Waals surface area contributed by atoms with E-state index in [4.69, 9.17) is 9.47 Å². The van der Waals surface area contributed by atoms with Crippen LogP contribution < -0.4 is 0 Å². The van der Waals surface area contributed by atoms with Gasteiger partial charge in [0, 0.05) is 25.3 Å². The Kier molecular flexibility index (Phi) is 2.52. The van der Waals surface area contributed by atoms with Gasteiger partial charge in [-0.15, -0.1) is 0 Å². The molecule has 16 heavy (non-hydrogen) atoms. The maximum Gasteiger partial charge on any atom is 0.305 e. The molecule has 1 heterocycles. The molecule has 1 aliphatic carbocycles. The van der Waals surface area contributed by atoms with Crippen molar-refractivity contribution in [2.75, 3.05) is 0 Å². The molecule has 2 aliphatic rings. The molecule has 0 radical (unpaired) electrons. The molecule has 0 bridgehead atoms. The minimum atomic E-state index is -0.597. The van der Waals surface area contributed by atoms with E-state index in [1.807, 2.05) is 13.8 Å². The SMILES string of the molecule is CC(=O)OC1CC2=C(CC(C)(C)CC2=O)O1. The summed E-state index contributed by atoms with van der Waals surface area (Å²) in [5.41, 5.74) is 0.659. The smallest absolute Gasteiger partial charge is 0.305 e. The van der Waals surface area contributed by atoms with Crippen LogP contribution in [-0.2, 0) is 19.1 Å². The molecule has 0 N–H and O–H groups in total. The minimum Gasteiger partial charge on any atom is -0.458 e. The van der Waals surface area contributed by atoms with Crippen LogP contribution in [0.3, 0.4) is 0 Å². The number of hydrogen-bond donors (Lipinski definition) is 0. The highest BCUT2D eigenvalue weighted by molar-refractivity contribution is 5.97. The van der Waals surface area contributed by atoms with Crippen molar-refractivity contribution in [3.05, 3.63) is 11.3 Å². The van der Waals surface area contributed by atoms with Gasteiger partial charge in [-0.1, -0.05) is 13.8 Å². The number of allylic oxidation sites excluding steroid dienone is 1. The Bertz CT molecular complexity index is 378. The molecule has 0 saturated heterocycles. The fourth-order valence-corrected chi connectivity index (χ4v) is 2.26. The van der Waals surface area contributed by atoms with Crippen LogP contribution in [0, 0.1) is 5.41 Å². The van der Waals surface area contributed by atoms with Gasteiger partial charge in [-0.05, 0) is 5.41 Å². The Morgan fingerprint density at radius 1 is 1.44 bits per heavy atom. The highest BCUT2D eigenvalue weighted by Crippen LogP contribution is 2.42. The standard InChI is InChI=1S/C12H16O4/c1-7(13)15-11-4-8-9(14)5-12(2,3)6-10(8)16-11/h11H,4-6H2,1-3H3. The molecule has 0 spiro atoms. The van der Waals surface area contributed by atoms with E-state index in [-0.39, 0.29) is 17.2 Å². The van der Waals surface area contributed by atoms with Crippen LogP contribution in [0.1, 0.15) is 40.0 Å². The zero-order valence-corrected chi connectivity index (χ0v) is 9.83. The first kappa shape index (κ1) is 11.2. The van der Waals surface area contributed by atoms with Crippen LogP contribution in [0.15, 0.2) is 11.3 Å². The number of rotatable bonds is 1. The van der Waals surface area contributed by atoms with E-state index in [2.05, 4.69) is 0 Å². The van der Waals surface area contributed by atoms with E-state index in [0.717, 1.165) is 6.42 Å². The molecular weight excluding hydrogens is 208 g/mol. The van der Waals surface area contributed by atoms with E-state index in [1.54, 1.807) is 0 Å². The Labute approximate surface area is 94.6 Å². The average Bonchev–Trinajstić information content (AvgIpc) is 2.43. The first-order chi connectivity index (χ1) is 7.37. The molecule has 88 valence electrons. The van der Waals surface area contributed by atoms with E-state index in [9.17, 15) is 9.59 Å². The van der Waals surface area contributed by atoms with Gasteiger partial charge in [-0.2, -0.15) is 0 Å². The third-order valence-corrected chi connectivity index (χ3v) is 2.89. The third-order valence-electron chi connectivity index (χ3n) is 2.89. The summed E-state index contributed by atoms with van der Waals surface area (Å²) in [5.74, 6) is 0.463. The van der Waals surface area contributed by atoms with Gasteiger partial charge in [-0.3, -0.25) is 9.59 Å². The van der Waals surface area contributed by atoms with Gasteiger partial charge < -0.3 is 9.47 Å². The lowest BCUT2D eigenvalue weighted by Crippen LogP contribution is -2.24. The van der Waals surface area contributed by atoms with Gasteiger partial charge >= 0.3 is 5.97 Å². The summed E-state index contributed by atoms with van der Waals surface area (Å²) in [5, 5.41) is 0. The monoisotopic (exact) mass is 224 g/mol. The van der Waals surface area contributed by atoms with Crippen molar-refractivity contribution in [3.63, 3.8) is 0 Å². The van der Waals surface area contributed by atoms with Crippen molar-refractivity contribution in [1.82, 2.24) is 0 Å². The number of ketones is 1.